The number of methoxy groups -OCH3 is 1. The zero-order valence-corrected chi connectivity index (χ0v) is 18.1. The number of amides is 1. The van der Waals surface area contributed by atoms with E-state index in [0.717, 1.165) is 35.1 Å². The fourth-order valence-corrected chi connectivity index (χ4v) is 4.36. The molecule has 1 unspecified atom stereocenters. The van der Waals surface area contributed by atoms with E-state index in [1.54, 1.807) is 4.90 Å². The summed E-state index contributed by atoms with van der Waals surface area (Å²) < 4.78 is 66.9. The number of carbonyl (C=O) groups excluding carboxylic acids is 1. The van der Waals surface area contributed by atoms with E-state index in [-0.39, 0.29) is 18.1 Å². The minimum Gasteiger partial charge on any atom is -0.372 e. The summed E-state index contributed by atoms with van der Waals surface area (Å²) in [6.45, 7) is 0.797. The molecule has 1 heterocycles. The highest BCUT2D eigenvalue weighted by Gasteiger charge is 2.31. The molecule has 2 aromatic carbocycles. The van der Waals surface area contributed by atoms with Gasteiger partial charge in [0.25, 0.3) is 0 Å². The van der Waals surface area contributed by atoms with Crippen molar-refractivity contribution in [3.8, 4) is 0 Å². The van der Waals surface area contributed by atoms with Crippen molar-refractivity contribution in [1.82, 2.24) is 4.90 Å². The second-order valence-corrected chi connectivity index (χ2v) is 9.93. The average Bonchev–Trinajstić information content (AvgIpc) is 2.71. The highest BCUT2D eigenvalue weighted by Crippen LogP contribution is 2.35. The van der Waals surface area contributed by atoms with E-state index < -0.39 is 27.7 Å². The van der Waals surface area contributed by atoms with Gasteiger partial charge in [-0.05, 0) is 40.8 Å². The molecule has 1 aliphatic rings. The van der Waals surface area contributed by atoms with E-state index in [1.165, 1.54) is 19.2 Å². The van der Waals surface area contributed by atoms with Crippen molar-refractivity contribution in [2.24, 2.45) is 0 Å². The summed E-state index contributed by atoms with van der Waals surface area (Å²) in [7, 11) is -1.71. The van der Waals surface area contributed by atoms with Crippen molar-refractivity contribution in [3.05, 3.63) is 70.3 Å². The van der Waals surface area contributed by atoms with Crippen molar-refractivity contribution in [3.63, 3.8) is 0 Å². The van der Waals surface area contributed by atoms with E-state index in [9.17, 15) is 26.4 Å². The molecule has 31 heavy (non-hydrogen) atoms. The van der Waals surface area contributed by atoms with Gasteiger partial charge in [0.1, 0.15) is 15.9 Å². The van der Waals surface area contributed by atoms with Crippen LogP contribution in [0, 0.1) is 0 Å². The third kappa shape index (κ3) is 5.65. The summed E-state index contributed by atoms with van der Waals surface area (Å²) in [6, 6.07) is 10.5. The number of fused-ring (bicyclic) bond motifs is 1. The molecule has 1 atom stereocenters. The lowest BCUT2D eigenvalue weighted by molar-refractivity contribution is -0.137. The first-order valence-corrected chi connectivity index (χ1v) is 11.8. The second-order valence-electron chi connectivity index (χ2n) is 7.67. The number of sulfone groups is 1. The highest BCUT2D eigenvalue weighted by atomic mass is 32.2. The molecule has 0 aliphatic carbocycles. The van der Waals surface area contributed by atoms with E-state index in [1.807, 2.05) is 18.2 Å². The van der Waals surface area contributed by atoms with E-state index in [2.05, 4.69) is 0 Å². The largest absolute Gasteiger partial charge is 0.416 e. The molecule has 168 valence electrons. The number of hydrogen-bond acceptors (Lipinski definition) is 4. The quantitative estimate of drug-likeness (QED) is 0.666. The molecule has 0 bridgehead atoms. The maximum absolute atomic E-state index is 12.9. The van der Waals surface area contributed by atoms with Crippen LogP contribution in [0.1, 0.15) is 40.3 Å². The van der Waals surface area contributed by atoms with Gasteiger partial charge in [0.2, 0.25) is 5.91 Å². The smallest absolute Gasteiger partial charge is 0.372 e. The van der Waals surface area contributed by atoms with Gasteiger partial charge in [-0.1, -0.05) is 30.3 Å². The van der Waals surface area contributed by atoms with Gasteiger partial charge in [0.05, 0.1) is 11.3 Å². The van der Waals surface area contributed by atoms with Gasteiger partial charge in [-0.2, -0.15) is 13.2 Å². The van der Waals surface area contributed by atoms with E-state index in [0.29, 0.717) is 25.1 Å². The molecule has 0 saturated heterocycles. The maximum atomic E-state index is 12.9. The molecule has 2 aromatic rings. The number of halogens is 3. The number of hydrogen-bond donors (Lipinski definition) is 0. The van der Waals surface area contributed by atoms with Crippen LogP contribution in [0.25, 0.3) is 0 Å². The topological polar surface area (TPSA) is 63.7 Å². The summed E-state index contributed by atoms with van der Waals surface area (Å²) in [5, 5.41) is 0. The van der Waals surface area contributed by atoms with Crippen LogP contribution in [0.4, 0.5) is 13.2 Å². The van der Waals surface area contributed by atoms with Crippen molar-refractivity contribution in [1.29, 1.82) is 0 Å². The highest BCUT2D eigenvalue weighted by molar-refractivity contribution is 7.90. The third-order valence-electron chi connectivity index (χ3n) is 5.40. The molecule has 0 fully saturated rings. The summed E-state index contributed by atoms with van der Waals surface area (Å²) in [6.07, 6.45) is -3.34. The third-order valence-corrected chi connectivity index (χ3v) is 6.35. The Balaban J connectivity index is 1.82. The van der Waals surface area contributed by atoms with Crippen LogP contribution >= 0.6 is 0 Å². The van der Waals surface area contributed by atoms with Gasteiger partial charge in [-0.25, -0.2) is 8.42 Å². The zero-order chi connectivity index (χ0) is 22.8. The Morgan fingerprint density at radius 3 is 2.42 bits per heavy atom. The van der Waals surface area contributed by atoms with Crippen molar-refractivity contribution in [2.75, 3.05) is 25.7 Å². The summed E-state index contributed by atoms with van der Waals surface area (Å²) in [4.78, 5) is 14.0. The van der Waals surface area contributed by atoms with E-state index >= 15 is 0 Å². The maximum Gasteiger partial charge on any atom is 0.416 e. The SMILES string of the molecule is COC(c1ccc(C(F)(F)F)cc1)c1cccc2c1CCN(C(=O)CCS(C)(=O)=O)C2. The fraction of sp³-hybridized carbons (Fsp3) is 0.409. The number of benzene rings is 2. The number of carbonyl (C=O) groups is 1. The van der Waals surface area contributed by atoms with Gasteiger partial charge < -0.3 is 9.64 Å². The molecule has 9 heteroatoms. The first kappa shape index (κ1) is 23.3. The van der Waals surface area contributed by atoms with Gasteiger partial charge in [-0.15, -0.1) is 0 Å². The molecular formula is C22H24F3NO4S. The molecule has 0 N–H and O–H groups in total. The second kappa shape index (κ2) is 9.00. The lowest BCUT2D eigenvalue weighted by Crippen LogP contribution is -2.37. The minimum absolute atomic E-state index is 0.0554. The number of ether oxygens (including phenoxy) is 1. The molecule has 1 amide bonds. The van der Waals surface area contributed by atoms with Crippen molar-refractivity contribution in [2.45, 2.75) is 31.7 Å². The predicted molar refractivity (Wildman–Crippen MR) is 110 cm³/mol. The molecule has 0 saturated carbocycles. The van der Waals surface area contributed by atoms with Crippen LogP contribution < -0.4 is 0 Å². The van der Waals surface area contributed by atoms with Gasteiger partial charge in [0, 0.05) is 32.9 Å². The van der Waals surface area contributed by atoms with Crippen LogP contribution in [0.2, 0.25) is 0 Å². The van der Waals surface area contributed by atoms with Crippen molar-refractivity contribution < 1.29 is 31.1 Å². The Hall–Kier alpha value is -2.39. The number of rotatable bonds is 6. The fourth-order valence-electron chi connectivity index (χ4n) is 3.82. The lowest BCUT2D eigenvalue weighted by atomic mass is 9.89. The van der Waals surface area contributed by atoms with Crippen molar-refractivity contribution >= 4 is 15.7 Å². The molecule has 0 spiro atoms. The normalized spacial score (nSPS) is 15.5. The first-order chi connectivity index (χ1) is 14.5. The summed E-state index contributed by atoms with van der Waals surface area (Å²) >= 11 is 0. The minimum atomic E-state index is -4.40. The molecule has 0 aromatic heterocycles. The standard InChI is InChI=1S/C22H24F3NO4S/c1-30-21(15-6-8-17(9-7-15)22(23,24)25)19-5-3-4-16-14-26(12-10-18(16)19)20(27)11-13-31(2,28)29/h3-9,21H,10-14H2,1-2H3. The van der Waals surface area contributed by atoms with E-state index in [4.69, 9.17) is 4.74 Å². The van der Waals surface area contributed by atoms with Crippen LogP contribution in [-0.2, 0) is 38.5 Å². The Morgan fingerprint density at radius 2 is 1.84 bits per heavy atom. The first-order valence-electron chi connectivity index (χ1n) is 9.75. The van der Waals surface area contributed by atoms with Gasteiger partial charge in [0.15, 0.2) is 0 Å². The molecule has 0 radical (unpaired) electrons. The number of alkyl halides is 3. The Bertz CT molecular complexity index is 1050. The average molecular weight is 455 g/mol. The zero-order valence-electron chi connectivity index (χ0n) is 17.3. The Kier molecular flexibility index (Phi) is 6.76. The monoisotopic (exact) mass is 455 g/mol. The van der Waals surface area contributed by atoms with Crippen LogP contribution in [0.5, 0.6) is 0 Å². The molecule has 5 nitrogen and oxygen atoms in total. The summed E-state index contributed by atoms with van der Waals surface area (Å²) in [5.74, 6) is -0.401. The Labute approximate surface area is 179 Å². The number of nitrogens with zero attached hydrogens (tertiary/aromatic N) is 1. The predicted octanol–water partition coefficient (Wildman–Crippen LogP) is 3.76. The van der Waals surface area contributed by atoms with Crippen LogP contribution in [0.3, 0.4) is 0 Å². The van der Waals surface area contributed by atoms with Crippen LogP contribution in [-0.4, -0.2) is 44.9 Å². The lowest BCUT2D eigenvalue weighted by Gasteiger charge is -2.32. The Morgan fingerprint density at radius 1 is 1.16 bits per heavy atom. The van der Waals surface area contributed by atoms with Gasteiger partial charge >= 0.3 is 6.18 Å². The molecule has 1 aliphatic heterocycles. The molecule has 3 rings (SSSR count). The molecular weight excluding hydrogens is 431 g/mol. The summed E-state index contributed by atoms with van der Waals surface area (Å²) in [5.41, 5.74) is 2.66. The van der Waals surface area contributed by atoms with Gasteiger partial charge in [-0.3, -0.25) is 4.79 Å². The van der Waals surface area contributed by atoms with Crippen LogP contribution in [0.15, 0.2) is 42.5 Å².